The van der Waals surface area contributed by atoms with Crippen molar-refractivity contribution >= 4 is 10.9 Å². The molecule has 112 valence electrons. The van der Waals surface area contributed by atoms with E-state index in [-0.39, 0.29) is 0 Å². The highest BCUT2D eigenvalue weighted by molar-refractivity contribution is 5.90. The first-order valence-electron chi connectivity index (χ1n) is 7.28. The summed E-state index contributed by atoms with van der Waals surface area (Å²) >= 11 is 0. The van der Waals surface area contributed by atoms with Crippen LogP contribution in [0.25, 0.3) is 10.9 Å². The summed E-state index contributed by atoms with van der Waals surface area (Å²) in [6.07, 6.45) is 1.68. The summed E-state index contributed by atoms with van der Waals surface area (Å²) in [5, 5.41) is 15.0. The molecule has 1 aromatic carbocycles. The van der Waals surface area contributed by atoms with Crippen LogP contribution >= 0.6 is 0 Å². The Bertz CT molecular complexity index is 921. The van der Waals surface area contributed by atoms with Gasteiger partial charge in [0, 0.05) is 12.4 Å². The first kappa shape index (κ1) is 14.3. The van der Waals surface area contributed by atoms with Crippen LogP contribution in [0.1, 0.15) is 33.8 Å². The van der Waals surface area contributed by atoms with Gasteiger partial charge in [0.25, 0.3) is 0 Å². The van der Waals surface area contributed by atoms with Gasteiger partial charge in [0.15, 0.2) is 5.82 Å². The molecule has 0 aliphatic heterocycles. The fourth-order valence-electron chi connectivity index (χ4n) is 3.04. The van der Waals surface area contributed by atoms with Crippen molar-refractivity contribution in [2.24, 2.45) is 7.05 Å². The molecule has 0 radical (unpaired) electrons. The van der Waals surface area contributed by atoms with Crippen molar-refractivity contribution in [3.63, 3.8) is 0 Å². The second-order valence-corrected chi connectivity index (χ2v) is 5.82. The van der Waals surface area contributed by atoms with Crippen molar-refractivity contribution in [1.82, 2.24) is 19.3 Å². The molecule has 2 aromatic heterocycles. The lowest BCUT2D eigenvalue weighted by atomic mass is 9.95. The summed E-state index contributed by atoms with van der Waals surface area (Å²) < 4.78 is 3.71. The second-order valence-electron chi connectivity index (χ2n) is 5.82. The van der Waals surface area contributed by atoms with Gasteiger partial charge in [0.05, 0.1) is 12.1 Å². The van der Waals surface area contributed by atoms with Crippen molar-refractivity contribution in [2.45, 2.75) is 34.2 Å². The van der Waals surface area contributed by atoms with Gasteiger partial charge in [-0.25, -0.2) is 4.98 Å². The summed E-state index contributed by atoms with van der Waals surface area (Å²) in [5.74, 6) is 0.715. The highest BCUT2D eigenvalue weighted by Crippen LogP contribution is 2.31. The summed E-state index contributed by atoms with van der Waals surface area (Å²) in [5.41, 5.74) is 6.80. The van der Waals surface area contributed by atoms with E-state index >= 15 is 0 Å². The zero-order valence-electron chi connectivity index (χ0n) is 13.6. The SMILES string of the molecule is Cc1c(C)c(C)c2c(cc(C#N)n2Cc2ncn(C)n2)c1C. The van der Waals surface area contributed by atoms with E-state index in [4.69, 9.17) is 0 Å². The molecular weight excluding hydrogens is 274 g/mol. The molecular formula is C17H19N5. The van der Waals surface area contributed by atoms with Crippen molar-refractivity contribution < 1.29 is 0 Å². The number of aryl methyl sites for hydroxylation is 3. The maximum absolute atomic E-state index is 9.51. The van der Waals surface area contributed by atoms with Gasteiger partial charge in [-0.1, -0.05) is 0 Å². The van der Waals surface area contributed by atoms with Gasteiger partial charge < -0.3 is 4.57 Å². The molecule has 0 saturated heterocycles. The Morgan fingerprint density at radius 1 is 1.09 bits per heavy atom. The lowest BCUT2D eigenvalue weighted by molar-refractivity contribution is 0.710. The molecule has 3 aromatic rings. The summed E-state index contributed by atoms with van der Waals surface area (Å²) in [6, 6.07) is 4.29. The van der Waals surface area contributed by atoms with E-state index in [2.05, 4.69) is 43.8 Å². The minimum absolute atomic E-state index is 0.510. The Labute approximate surface area is 129 Å². The Hall–Kier alpha value is -2.61. The van der Waals surface area contributed by atoms with E-state index in [0.717, 1.165) is 10.9 Å². The largest absolute Gasteiger partial charge is 0.324 e. The molecule has 0 unspecified atom stereocenters. The topological polar surface area (TPSA) is 59.4 Å². The molecule has 5 heteroatoms. The van der Waals surface area contributed by atoms with Gasteiger partial charge >= 0.3 is 0 Å². The zero-order chi connectivity index (χ0) is 16.0. The van der Waals surface area contributed by atoms with E-state index in [1.54, 1.807) is 11.0 Å². The minimum Gasteiger partial charge on any atom is -0.324 e. The minimum atomic E-state index is 0.510. The Balaban J connectivity index is 2.31. The van der Waals surface area contributed by atoms with Crippen LogP contribution in [0.3, 0.4) is 0 Å². The number of fused-ring (bicyclic) bond motifs is 1. The first-order chi connectivity index (χ1) is 10.4. The number of aromatic nitrogens is 4. The number of hydrogen-bond acceptors (Lipinski definition) is 3. The van der Waals surface area contributed by atoms with Crippen molar-refractivity contribution in [1.29, 1.82) is 5.26 Å². The molecule has 0 N–H and O–H groups in total. The molecule has 2 heterocycles. The van der Waals surface area contributed by atoms with Crippen molar-refractivity contribution in [3.8, 4) is 6.07 Å². The molecule has 0 saturated carbocycles. The first-order valence-corrected chi connectivity index (χ1v) is 7.28. The van der Waals surface area contributed by atoms with E-state index in [0.29, 0.717) is 18.1 Å². The normalized spacial score (nSPS) is 11.1. The quantitative estimate of drug-likeness (QED) is 0.730. The van der Waals surface area contributed by atoms with Gasteiger partial charge in [0.1, 0.15) is 18.1 Å². The molecule has 0 amide bonds. The second kappa shape index (κ2) is 4.99. The molecule has 0 aliphatic carbocycles. The fourth-order valence-corrected chi connectivity index (χ4v) is 3.04. The molecule has 0 aliphatic rings. The van der Waals surface area contributed by atoms with Crippen LogP contribution in [-0.2, 0) is 13.6 Å². The fraction of sp³-hybridized carbons (Fsp3) is 0.353. The third kappa shape index (κ3) is 2.00. The summed E-state index contributed by atoms with van der Waals surface area (Å²) in [6.45, 7) is 9.03. The number of nitriles is 1. The Kier molecular flexibility index (Phi) is 3.25. The molecule has 5 nitrogen and oxygen atoms in total. The van der Waals surface area contributed by atoms with E-state index in [1.165, 1.54) is 22.3 Å². The smallest absolute Gasteiger partial charge is 0.170 e. The summed E-state index contributed by atoms with van der Waals surface area (Å²) in [4.78, 5) is 4.29. The van der Waals surface area contributed by atoms with Crippen molar-refractivity contribution in [2.75, 3.05) is 0 Å². The predicted molar refractivity (Wildman–Crippen MR) is 85.7 cm³/mol. The van der Waals surface area contributed by atoms with Crippen LogP contribution in [0.2, 0.25) is 0 Å². The van der Waals surface area contributed by atoms with Crippen LogP contribution in [0.4, 0.5) is 0 Å². The average molecular weight is 293 g/mol. The van der Waals surface area contributed by atoms with Crippen LogP contribution in [0.15, 0.2) is 12.4 Å². The van der Waals surface area contributed by atoms with E-state index in [1.807, 2.05) is 17.7 Å². The third-order valence-corrected chi connectivity index (χ3v) is 4.60. The molecule has 0 fully saturated rings. The van der Waals surface area contributed by atoms with Crippen LogP contribution in [0, 0.1) is 39.0 Å². The molecule has 0 spiro atoms. The van der Waals surface area contributed by atoms with Gasteiger partial charge in [-0.05, 0) is 56.0 Å². The summed E-state index contributed by atoms with van der Waals surface area (Å²) in [7, 11) is 1.85. The Morgan fingerprint density at radius 3 is 2.36 bits per heavy atom. The molecule has 22 heavy (non-hydrogen) atoms. The molecule has 0 atom stereocenters. The van der Waals surface area contributed by atoms with Gasteiger partial charge in [-0.15, -0.1) is 0 Å². The number of rotatable bonds is 2. The van der Waals surface area contributed by atoms with Gasteiger partial charge in [0.2, 0.25) is 0 Å². The predicted octanol–water partition coefficient (Wildman–Crippen LogP) is 2.92. The highest BCUT2D eigenvalue weighted by Gasteiger charge is 2.17. The van der Waals surface area contributed by atoms with Gasteiger partial charge in [-0.2, -0.15) is 10.4 Å². The van der Waals surface area contributed by atoms with E-state index in [9.17, 15) is 5.26 Å². The molecule has 3 rings (SSSR count). The van der Waals surface area contributed by atoms with Gasteiger partial charge in [-0.3, -0.25) is 4.68 Å². The monoisotopic (exact) mass is 293 g/mol. The average Bonchev–Trinajstić information content (AvgIpc) is 3.07. The van der Waals surface area contributed by atoms with Crippen LogP contribution in [0.5, 0.6) is 0 Å². The molecule has 0 bridgehead atoms. The van der Waals surface area contributed by atoms with E-state index < -0.39 is 0 Å². The lowest BCUT2D eigenvalue weighted by Crippen LogP contribution is -2.06. The number of hydrogen-bond donors (Lipinski definition) is 0. The number of nitrogens with zero attached hydrogens (tertiary/aromatic N) is 5. The zero-order valence-corrected chi connectivity index (χ0v) is 13.6. The van der Waals surface area contributed by atoms with Crippen molar-refractivity contribution in [3.05, 3.63) is 46.2 Å². The van der Waals surface area contributed by atoms with Crippen LogP contribution < -0.4 is 0 Å². The standard InChI is InChI=1S/C17H19N5/c1-10-11(2)13(4)17-15(12(10)3)6-14(7-18)22(17)8-16-19-9-21(5)20-16/h6,9H,8H2,1-5H3. The highest BCUT2D eigenvalue weighted by atomic mass is 15.3. The third-order valence-electron chi connectivity index (χ3n) is 4.60. The maximum atomic E-state index is 9.51. The Morgan fingerprint density at radius 2 is 1.77 bits per heavy atom. The maximum Gasteiger partial charge on any atom is 0.170 e. The number of benzene rings is 1. The van der Waals surface area contributed by atoms with Crippen LogP contribution in [-0.4, -0.2) is 19.3 Å². The lowest BCUT2D eigenvalue weighted by Gasteiger charge is -2.13.